The zero-order valence-electron chi connectivity index (χ0n) is 9.93. The van der Waals surface area contributed by atoms with Crippen molar-refractivity contribution in [3.63, 3.8) is 0 Å². The second-order valence-electron chi connectivity index (χ2n) is 4.66. The monoisotopic (exact) mass is 186 g/mol. The van der Waals surface area contributed by atoms with Crippen LogP contribution in [0, 0.1) is 5.92 Å². The average molecular weight is 186 g/mol. The van der Waals surface area contributed by atoms with Crippen molar-refractivity contribution in [2.75, 3.05) is 20.1 Å². The van der Waals surface area contributed by atoms with Gasteiger partial charge in [-0.3, -0.25) is 4.90 Å². The van der Waals surface area contributed by atoms with Gasteiger partial charge in [0.1, 0.15) is 0 Å². The van der Waals surface area contributed by atoms with Gasteiger partial charge in [-0.05, 0) is 39.3 Å². The Morgan fingerprint density at radius 1 is 1.38 bits per heavy atom. The summed E-state index contributed by atoms with van der Waals surface area (Å²) < 4.78 is 0. The smallest absolute Gasteiger partial charge is 0.0297 e. The van der Waals surface area contributed by atoms with E-state index < -0.39 is 0 Å². The maximum absolute atomic E-state index is 5.78. The van der Waals surface area contributed by atoms with Gasteiger partial charge in [0.15, 0.2) is 0 Å². The van der Waals surface area contributed by atoms with Gasteiger partial charge in [0.25, 0.3) is 0 Å². The molecule has 0 radical (unpaired) electrons. The topological polar surface area (TPSA) is 29.3 Å². The quantitative estimate of drug-likeness (QED) is 0.688. The summed E-state index contributed by atoms with van der Waals surface area (Å²) in [6.07, 6.45) is 2.38. The summed E-state index contributed by atoms with van der Waals surface area (Å²) in [6, 6.07) is 0. The fourth-order valence-corrected chi connectivity index (χ4v) is 1.29. The predicted octanol–water partition coefficient (Wildman–Crippen LogP) is 2.09. The highest BCUT2D eigenvalue weighted by molar-refractivity contribution is 4.83. The molecule has 0 amide bonds. The number of likely N-dealkylation sites (N-methyl/N-ethyl adjacent to an activating group) is 1. The van der Waals surface area contributed by atoms with E-state index in [2.05, 4.69) is 39.6 Å². The third kappa shape index (κ3) is 4.10. The molecule has 0 bridgehead atoms. The Labute approximate surface area is 83.5 Å². The molecule has 0 aliphatic heterocycles. The van der Waals surface area contributed by atoms with Gasteiger partial charge in [0.2, 0.25) is 0 Å². The van der Waals surface area contributed by atoms with Gasteiger partial charge in [-0.15, -0.1) is 0 Å². The molecule has 2 heteroatoms. The largest absolute Gasteiger partial charge is 0.329 e. The van der Waals surface area contributed by atoms with Gasteiger partial charge in [-0.25, -0.2) is 0 Å². The molecule has 0 rings (SSSR count). The fourth-order valence-electron chi connectivity index (χ4n) is 1.29. The molecule has 80 valence electrons. The molecule has 13 heavy (non-hydrogen) atoms. The predicted molar refractivity (Wildman–Crippen MR) is 59.8 cm³/mol. The van der Waals surface area contributed by atoms with Crippen molar-refractivity contribution in [2.24, 2.45) is 11.7 Å². The van der Waals surface area contributed by atoms with Gasteiger partial charge >= 0.3 is 0 Å². The molecular formula is C11H26N2. The van der Waals surface area contributed by atoms with Gasteiger partial charge < -0.3 is 5.73 Å². The van der Waals surface area contributed by atoms with Crippen LogP contribution in [-0.4, -0.2) is 30.6 Å². The first-order valence-corrected chi connectivity index (χ1v) is 5.37. The number of rotatable bonds is 6. The molecule has 1 unspecified atom stereocenters. The summed E-state index contributed by atoms with van der Waals surface area (Å²) >= 11 is 0. The van der Waals surface area contributed by atoms with Crippen LogP contribution in [-0.2, 0) is 0 Å². The molecule has 0 heterocycles. The van der Waals surface area contributed by atoms with Crippen molar-refractivity contribution < 1.29 is 0 Å². The minimum Gasteiger partial charge on any atom is -0.329 e. The molecule has 0 aliphatic carbocycles. The van der Waals surface area contributed by atoms with Gasteiger partial charge in [-0.2, -0.15) is 0 Å². The van der Waals surface area contributed by atoms with Gasteiger partial charge in [-0.1, -0.05) is 20.8 Å². The lowest BCUT2D eigenvalue weighted by Crippen LogP contribution is -2.49. The molecule has 0 fully saturated rings. The lowest BCUT2D eigenvalue weighted by Gasteiger charge is -2.37. The van der Waals surface area contributed by atoms with E-state index in [1.54, 1.807) is 0 Å². The minimum absolute atomic E-state index is 0.189. The summed E-state index contributed by atoms with van der Waals surface area (Å²) in [4.78, 5) is 2.40. The Balaban J connectivity index is 3.99. The van der Waals surface area contributed by atoms with Crippen LogP contribution in [0.25, 0.3) is 0 Å². The van der Waals surface area contributed by atoms with Crippen molar-refractivity contribution in [3.8, 4) is 0 Å². The van der Waals surface area contributed by atoms with Gasteiger partial charge in [0.05, 0.1) is 0 Å². The fraction of sp³-hybridized carbons (Fsp3) is 1.00. The highest BCUT2D eigenvalue weighted by Gasteiger charge is 2.24. The Morgan fingerprint density at radius 3 is 2.23 bits per heavy atom. The summed E-state index contributed by atoms with van der Waals surface area (Å²) in [5.41, 5.74) is 5.97. The third-order valence-electron chi connectivity index (χ3n) is 3.16. The Bertz CT molecular complexity index is 128. The van der Waals surface area contributed by atoms with E-state index in [4.69, 9.17) is 5.73 Å². The third-order valence-corrected chi connectivity index (χ3v) is 3.16. The van der Waals surface area contributed by atoms with E-state index in [1.807, 2.05) is 0 Å². The second kappa shape index (κ2) is 5.61. The summed E-state index contributed by atoms with van der Waals surface area (Å²) in [6.45, 7) is 10.9. The van der Waals surface area contributed by atoms with E-state index >= 15 is 0 Å². The second-order valence-corrected chi connectivity index (χ2v) is 4.66. The molecule has 0 aromatic carbocycles. The van der Waals surface area contributed by atoms with Gasteiger partial charge in [0, 0.05) is 12.1 Å². The molecule has 0 aromatic heterocycles. The number of hydrogen-bond donors (Lipinski definition) is 1. The van der Waals surface area contributed by atoms with E-state index in [0.29, 0.717) is 0 Å². The normalized spacial score (nSPS) is 16.6. The van der Waals surface area contributed by atoms with E-state index in [9.17, 15) is 0 Å². The molecular weight excluding hydrogens is 160 g/mol. The molecule has 0 aliphatic rings. The molecule has 0 aromatic rings. The number of nitrogens with two attached hydrogens (primary N) is 1. The van der Waals surface area contributed by atoms with Crippen molar-refractivity contribution in [3.05, 3.63) is 0 Å². The maximum Gasteiger partial charge on any atom is 0.0297 e. The summed E-state index contributed by atoms with van der Waals surface area (Å²) in [5.74, 6) is 0.779. The highest BCUT2D eigenvalue weighted by atomic mass is 15.2. The van der Waals surface area contributed by atoms with Crippen LogP contribution in [0.15, 0.2) is 0 Å². The molecule has 0 saturated carbocycles. The van der Waals surface area contributed by atoms with Crippen molar-refractivity contribution in [2.45, 2.75) is 46.1 Å². The van der Waals surface area contributed by atoms with Crippen molar-refractivity contribution in [1.82, 2.24) is 4.90 Å². The lowest BCUT2D eigenvalue weighted by molar-refractivity contribution is 0.133. The lowest BCUT2D eigenvalue weighted by atomic mass is 9.96. The summed E-state index contributed by atoms with van der Waals surface area (Å²) in [5, 5.41) is 0. The maximum atomic E-state index is 5.78. The standard InChI is InChI=1S/C11H26N2/c1-6-11(4,9-12)13(5)8-7-10(2)3/h10H,6-9,12H2,1-5H3. The van der Waals surface area contributed by atoms with Crippen LogP contribution >= 0.6 is 0 Å². The van der Waals surface area contributed by atoms with Crippen LogP contribution in [0.4, 0.5) is 0 Å². The average Bonchev–Trinajstić information content (AvgIpc) is 2.12. The first-order chi connectivity index (χ1) is 5.96. The first kappa shape index (κ1) is 12.9. The van der Waals surface area contributed by atoms with Crippen molar-refractivity contribution in [1.29, 1.82) is 0 Å². The zero-order chi connectivity index (χ0) is 10.5. The van der Waals surface area contributed by atoms with Crippen LogP contribution in [0.3, 0.4) is 0 Å². The Morgan fingerprint density at radius 2 is 1.92 bits per heavy atom. The summed E-state index contributed by atoms with van der Waals surface area (Å²) in [7, 11) is 2.18. The number of hydrogen-bond acceptors (Lipinski definition) is 2. The molecule has 2 N–H and O–H groups in total. The Hall–Kier alpha value is -0.0800. The van der Waals surface area contributed by atoms with E-state index in [0.717, 1.165) is 25.4 Å². The Kier molecular flexibility index (Phi) is 5.57. The van der Waals surface area contributed by atoms with Crippen LogP contribution in [0.2, 0.25) is 0 Å². The SMILES string of the molecule is CCC(C)(CN)N(C)CCC(C)C. The highest BCUT2D eigenvalue weighted by Crippen LogP contribution is 2.17. The van der Waals surface area contributed by atoms with Crippen LogP contribution in [0.1, 0.15) is 40.5 Å². The molecule has 0 saturated heterocycles. The zero-order valence-corrected chi connectivity index (χ0v) is 9.93. The molecule has 1 atom stereocenters. The van der Waals surface area contributed by atoms with Crippen LogP contribution in [0.5, 0.6) is 0 Å². The minimum atomic E-state index is 0.189. The molecule has 2 nitrogen and oxygen atoms in total. The first-order valence-electron chi connectivity index (χ1n) is 5.37. The number of nitrogens with zero attached hydrogens (tertiary/aromatic N) is 1. The van der Waals surface area contributed by atoms with E-state index in [-0.39, 0.29) is 5.54 Å². The van der Waals surface area contributed by atoms with E-state index in [1.165, 1.54) is 6.42 Å². The molecule has 0 spiro atoms. The van der Waals surface area contributed by atoms with Crippen molar-refractivity contribution >= 4 is 0 Å². The van der Waals surface area contributed by atoms with Crippen LogP contribution < -0.4 is 5.73 Å².